The summed E-state index contributed by atoms with van der Waals surface area (Å²) in [4.78, 5) is 11.1. The molecule has 2 rings (SSSR count). The van der Waals surface area contributed by atoms with Crippen molar-refractivity contribution in [2.24, 2.45) is 0 Å². The first kappa shape index (κ1) is 13.2. The lowest BCUT2D eigenvalue weighted by Crippen LogP contribution is -2.08. The van der Waals surface area contributed by atoms with Crippen molar-refractivity contribution in [2.75, 3.05) is 0 Å². The number of aromatic nitrogens is 3. The lowest BCUT2D eigenvalue weighted by molar-refractivity contribution is 0.0689. The van der Waals surface area contributed by atoms with Gasteiger partial charge in [0.05, 0.1) is 11.4 Å². The molecule has 0 unspecified atom stereocenters. The molecule has 0 saturated carbocycles. The second kappa shape index (κ2) is 5.17. The third kappa shape index (κ3) is 2.47. The number of rotatable bonds is 4. The Kier molecular flexibility index (Phi) is 3.59. The van der Waals surface area contributed by atoms with Crippen molar-refractivity contribution >= 4 is 5.97 Å². The van der Waals surface area contributed by atoms with Crippen LogP contribution in [0.15, 0.2) is 18.2 Å². The Bertz CT molecular complexity index is 622. The van der Waals surface area contributed by atoms with Crippen molar-refractivity contribution in [3.8, 4) is 5.69 Å². The number of carboxylic acids is 1. The molecule has 2 aromatic rings. The molecule has 0 atom stereocenters. The van der Waals surface area contributed by atoms with E-state index < -0.39 is 11.8 Å². The van der Waals surface area contributed by atoms with Crippen LogP contribution >= 0.6 is 0 Å². The van der Waals surface area contributed by atoms with E-state index in [1.807, 2.05) is 13.8 Å². The Morgan fingerprint density at radius 2 is 2.21 bits per heavy atom. The summed E-state index contributed by atoms with van der Waals surface area (Å²) >= 11 is 0. The largest absolute Gasteiger partial charge is 0.476 e. The normalized spacial score (nSPS) is 10.7. The monoisotopic (exact) mass is 263 g/mol. The molecule has 19 heavy (non-hydrogen) atoms. The van der Waals surface area contributed by atoms with E-state index in [9.17, 15) is 9.18 Å². The zero-order valence-electron chi connectivity index (χ0n) is 10.7. The summed E-state index contributed by atoms with van der Waals surface area (Å²) in [6.45, 7) is 3.74. The SMILES string of the molecule is CCCc1c(C(=O)O)nnn1-c1cc(F)ccc1C. The Balaban J connectivity index is 2.61. The minimum absolute atomic E-state index is 0.0782. The molecule has 1 aromatic heterocycles. The van der Waals surface area contributed by atoms with Crippen LogP contribution in [-0.2, 0) is 6.42 Å². The van der Waals surface area contributed by atoms with Crippen LogP contribution in [0.3, 0.4) is 0 Å². The highest BCUT2D eigenvalue weighted by Crippen LogP contribution is 2.19. The molecule has 0 fully saturated rings. The summed E-state index contributed by atoms with van der Waals surface area (Å²) in [5.74, 6) is -1.51. The van der Waals surface area contributed by atoms with E-state index in [4.69, 9.17) is 5.11 Å². The maximum absolute atomic E-state index is 13.3. The topological polar surface area (TPSA) is 68.0 Å². The molecule has 100 valence electrons. The summed E-state index contributed by atoms with van der Waals surface area (Å²) in [7, 11) is 0. The quantitative estimate of drug-likeness (QED) is 0.919. The van der Waals surface area contributed by atoms with Crippen molar-refractivity contribution in [2.45, 2.75) is 26.7 Å². The molecular weight excluding hydrogens is 249 g/mol. The minimum Gasteiger partial charge on any atom is -0.476 e. The molecule has 0 spiro atoms. The molecule has 0 radical (unpaired) electrons. The van der Waals surface area contributed by atoms with Crippen LogP contribution in [-0.4, -0.2) is 26.1 Å². The number of halogens is 1. The molecule has 0 bridgehead atoms. The summed E-state index contributed by atoms with van der Waals surface area (Å²) in [6, 6.07) is 4.31. The first-order chi connectivity index (χ1) is 9.04. The van der Waals surface area contributed by atoms with Crippen LogP contribution in [0, 0.1) is 12.7 Å². The van der Waals surface area contributed by atoms with Gasteiger partial charge in [-0.1, -0.05) is 24.6 Å². The minimum atomic E-state index is -1.12. The average molecular weight is 263 g/mol. The second-order valence-electron chi connectivity index (χ2n) is 4.28. The van der Waals surface area contributed by atoms with E-state index in [-0.39, 0.29) is 5.69 Å². The molecule has 6 heteroatoms. The van der Waals surface area contributed by atoms with Crippen molar-refractivity contribution in [1.82, 2.24) is 15.0 Å². The predicted octanol–water partition coefficient (Wildman–Crippen LogP) is 2.37. The van der Waals surface area contributed by atoms with E-state index in [0.717, 1.165) is 12.0 Å². The Morgan fingerprint density at radius 3 is 2.84 bits per heavy atom. The average Bonchev–Trinajstić information content (AvgIpc) is 2.76. The van der Waals surface area contributed by atoms with Crippen molar-refractivity contribution in [3.63, 3.8) is 0 Å². The van der Waals surface area contributed by atoms with E-state index >= 15 is 0 Å². The van der Waals surface area contributed by atoms with Gasteiger partial charge in [-0.05, 0) is 31.0 Å². The molecule has 0 saturated heterocycles. The highest BCUT2D eigenvalue weighted by molar-refractivity contribution is 5.86. The van der Waals surface area contributed by atoms with E-state index in [0.29, 0.717) is 17.8 Å². The maximum atomic E-state index is 13.3. The lowest BCUT2D eigenvalue weighted by Gasteiger charge is -2.09. The molecular formula is C13H14FN3O2. The van der Waals surface area contributed by atoms with Gasteiger partial charge >= 0.3 is 5.97 Å². The van der Waals surface area contributed by atoms with Gasteiger partial charge in [0.25, 0.3) is 0 Å². The van der Waals surface area contributed by atoms with Gasteiger partial charge in [0, 0.05) is 0 Å². The number of carbonyl (C=O) groups is 1. The summed E-state index contributed by atoms with van der Waals surface area (Å²) in [5.41, 5.74) is 1.73. The molecule has 5 nitrogen and oxygen atoms in total. The van der Waals surface area contributed by atoms with Crippen molar-refractivity contribution in [1.29, 1.82) is 0 Å². The Morgan fingerprint density at radius 1 is 1.47 bits per heavy atom. The van der Waals surface area contributed by atoms with Crippen molar-refractivity contribution < 1.29 is 14.3 Å². The van der Waals surface area contributed by atoms with E-state index in [2.05, 4.69) is 10.3 Å². The number of hydrogen-bond donors (Lipinski definition) is 1. The zero-order chi connectivity index (χ0) is 14.0. The number of nitrogens with zero attached hydrogens (tertiary/aromatic N) is 3. The molecule has 0 amide bonds. The van der Waals surface area contributed by atoms with Gasteiger partial charge in [-0.3, -0.25) is 0 Å². The molecule has 1 heterocycles. The number of aromatic carboxylic acids is 1. The Hall–Kier alpha value is -2.24. The van der Waals surface area contributed by atoms with Gasteiger partial charge in [0.15, 0.2) is 5.69 Å². The van der Waals surface area contributed by atoms with Gasteiger partial charge in [-0.2, -0.15) is 0 Å². The third-order valence-electron chi connectivity index (χ3n) is 2.85. The van der Waals surface area contributed by atoms with E-state index in [1.165, 1.54) is 16.8 Å². The van der Waals surface area contributed by atoms with Crippen molar-refractivity contribution in [3.05, 3.63) is 41.0 Å². The fourth-order valence-corrected chi connectivity index (χ4v) is 1.93. The zero-order valence-corrected chi connectivity index (χ0v) is 10.7. The summed E-state index contributed by atoms with van der Waals surface area (Å²) < 4.78 is 14.7. The second-order valence-corrected chi connectivity index (χ2v) is 4.28. The molecule has 1 N–H and O–H groups in total. The van der Waals surface area contributed by atoms with Gasteiger partial charge in [-0.25, -0.2) is 13.9 Å². The van der Waals surface area contributed by atoms with Gasteiger partial charge in [-0.15, -0.1) is 5.10 Å². The number of aryl methyl sites for hydroxylation is 1. The van der Waals surface area contributed by atoms with Crippen LogP contribution in [0.1, 0.15) is 35.1 Å². The third-order valence-corrected chi connectivity index (χ3v) is 2.85. The maximum Gasteiger partial charge on any atom is 0.358 e. The Labute approximate surface area is 109 Å². The van der Waals surface area contributed by atoms with Crippen LogP contribution in [0.5, 0.6) is 0 Å². The smallest absolute Gasteiger partial charge is 0.358 e. The number of carboxylic acid groups (broad SMARTS) is 1. The van der Waals surface area contributed by atoms with Gasteiger partial charge < -0.3 is 5.11 Å². The van der Waals surface area contributed by atoms with Crippen LogP contribution in [0.25, 0.3) is 5.69 Å². The fraction of sp³-hybridized carbons (Fsp3) is 0.308. The molecule has 0 aliphatic heterocycles. The van der Waals surface area contributed by atoms with Gasteiger partial charge in [0.2, 0.25) is 0 Å². The van der Waals surface area contributed by atoms with Crippen LogP contribution in [0.4, 0.5) is 4.39 Å². The summed E-state index contributed by atoms with van der Waals surface area (Å²) in [5, 5.41) is 16.6. The van der Waals surface area contributed by atoms with Crippen LogP contribution in [0.2, 0.25) is 0 Å². The first-order valence-corrected chi connectivity index (χ1v) is 5.99. The fourth-order valence-electron chi connectivity index (χ4n) is 1.93. The number of benzene rings is 1. The highest BCUT2D eigenvalue weighted by atomic mass is 19.1. The standard InChI is InChI=1S/C13H14FN3O2/c1-3-4-10-12(13(18)19)15-16-17(10)11-7-9(14)6-5-8(11)2/h5-7H,3-4H2,1-2H3,(H,18,19). The number of hydrogen-bond acceptors (Lipinski definition) is 3. The summed E-state index contributed by atoms with van der Waals surface area (Å²) in [6.07, 6.45) is 1.27. The van der Waals surface area contributed by atoms with Crippen LogP contribution < -0.4 is 0 Å². The predicted molar refractivity (Wildman–Crippen MR) is 67.0 cm³/mol. The lowest BCUT2D eigenvalue weighted by atomic mass is 10.1. The molecule has 0 aliphatic rings. The molecule has 0 aliphatic carbocycles. The first-order valence-electron chi connectivity index (χ1n) is 5.99. The van der Waals surface area contributed by atoms with Gasteiger partial charge in [0.1, 0.15) is 5.82 Å². The molecule has 1 aromatic carbocycles. The highest BCUT2D eigenvalue weighted by Gasteiger charge is 2.20. The van der Waals surface area contributed by atoms with E-state index in [1.54, 1.807) is 6.07 Å².